The Kier molecular flexibility index (Phi) is 1.54. The molecule has 0 bridgehead atoms. The summed E-state index contributed by atoms with van der Waals surface area (Å²) >= 11 is 0. The van der Waals surface area contributed by atoms with Crippen molar-refractivity contribution in [2.75, 3.05) is 6.54 Å². The van der Waals surface area contributed by atoms with Crippen molar-refractivity contribution in [2.45, 2.75) is 26.1 Å². The lowest BCUT2D eigenvalue weighted by molar-refractivity contribution is 0.336. The average Bonchev–Trinajstić information content (AvgIpc) is 2.42. The first-order valence-electron chi connectivity index (χ1n) is 3.11. The third kappa shape index (κ3) is 1.01. The van der Waals surface area contributed by atoms with Gasteiger partial charge in [0.05, 0.1) is 12.2 Å². The van der Waals surface area contributed by atoms with Gasteiger partial charge in [-0.1, -0.05) is 13.8 Å². The largest absolute Gasteiger partial charge is 0.368 e. The molecule has 2 heteroatoms. The predicted molar refractivity (Wildman–Crippen MR) is 32.6 cm³/mol. The summed E-state index contributed by atoms with van der Waals surface area (Å²) < 4.78 is 5.20. The first kappa shape index (κ1) is 6.05. The topological polar surface area (TPSA) is 38.5 Å². The van der Waals surface area contributed by atoms with E-state index in [1.165, 1.54) is 0 Å². The van der Waals surface area contributed by atoms with Crippen LogP contribution < -0.4 is 5.73 Å². The van der Waals surface area contributed by atoms with Gasteiger partial charge in [-0.05, 0) is 5.92 Å². The fourth-order valence-electron chi connectivity index (χ4n) is 0.933. The SMILES string of the molecule is CC(C)C1OC1CN. The van der Waals surface area contributed by atoms with Crippen LogP contribution in [0.1, 0.15) is 13.8 Å². The van der Waals surface area contributed by atoms with E-state index in [1.807, 2.05) is 0 Å². The fourth-order valence-corrected chi connectivity index (χ4v) is 0.933. The van der Waals surface area contributed by atoms with Crippen LogP contribution >= 0.6 is 0 Å². The number of rotatable bonds is 2. The zero-order valence-electron chi connectivity index (χ0n) is 5.42. The van der Waals surface area contributed by atoms with Gasteiger partial charge in [0, 0.05) is 6.54 Å². The molecule has 0 aliphatic carbocycles. The lowest BCUT2D eigenvalue weighted by Gasteiger charge is -1.93. The van der Waals surface area contributed by atoms with Crippen LogP contribution in [-0.4, -0.2) is 18.8 Å². The lowest BCUT2D eigenvalue weighted by atomic mass is 10.1. The predicted octanol–water partition coefficient (Wildman–Crippen LogP) is 0.368. The summed E-state index contributed by atoms with van der Waals surface area (Å²) in [5.74, 6) is 0.642. The Balaban J connectivity index is 2.16. The zero-order chi connectivity index (χ0) is 6.15. The van der Waals surface area contributed by atoms with E-state index < -0.39 is 0 Å². The first-order valence-corrected chi connectivity index (χ1v) is 3.11. The molecule has 0 spiro atoms. The number of ether oxygens (including phenoxy) is 1. The van der Waals surface area contributed by atoms with Gasteiger partial charge in [0.1, 0.15) is 0 Å². The van der Waals surface area contributed by atoms with Gasteiger partial charge in [-0.25, -0.2) is 0 Å². The maximum Gasteiger partial charge on any atom is 0.0966 e. The van der Waals surface area contributed by atoms with Crippen LogP contribution in [0.5, 0.6) is 0 Å². The van der Waals surface area contributed by atoms with Crippen molar-refractivity contribution < 1.29 is 4.74 Å². The molecule has 2 atom stereocenters. The maximum absolute atomic E-state index is 5.34. The number of hydrogen-bond acceptors (Lipinski definition) is 2. The van der Waals surface area contributed by atoms with E-state index >= 15 is 0 Å². The normalized spacial score (nSPS) is 36.0. The minimum Gasteiger partial charge on any atom is -0.368 e. The summed E-state index contributed by atoms with van der Waals surface area (Å²) in [5, 5.41) is 0. The molecule has 0 aromatic heterocycles. The number of epoxide rings is 1. The molecule has 1 heterocycles. The van der Waals surface area contributed by atoms with Gasteiger partial charge in [0.2, 0.25) is 0 Å². The zero-order valence-corrected chi connectivity index (χ0v) is 5.42. The smallest absolute Gasteiger partial charge is 0.0966 e. The second-order valence-corrected chi connectivity index (χ2v) is 2.62. The van der Waals surface area contributed by atoms with Crippen molar-refractivity contribution in [1.29, 1.82) is 0 Å². The third-order valence-corrected chi connectivity index (χ3v) is 1.51. The van der Waals surface area contributed by atoms with E-state index in [9.17, 15) is 0 Å². The summed E-state index contributed by atoms with van der Waals surface area (Å²) in [6, 6.07) is 0. The molecule has 8 heavy (non-hydrogen) atoms. The van der Waals surface area contributed by atoms with Crippen LogP contribution in [0, 0.1) is 5.92 Å². The Morgan fingerprint density at radius 3 is 2.38 bits per heavy atom. The van der Waals surface area contributed by atoms with Gasteiger partial charge in [-0.3, -0.25) is 0 Å². The van der Waals surface area contributed by atoms with Gasteiger partial charge < -0.3 is 10.5 Å². The molecule has 1 saturated heterocycles. The van der Waals surface area contributed by atoms with Gasteiger partial charge in [0.25, 0.3) is 0 Å². The van der Waals surface area contributed by atoms with Crippen LogP contribution in [-0.2, 0) is 4.74 Å². The Bertz CT molecular complexity index is 82.6. The van der Waals surface area contributed by atoms with Gasteiger partial charge in [-0.2, -0.15) is 0 Å². The highest BCUT2D eigenvalue weighted by Gasteiger charge is 2.39. The minimum absolute atomic E-state index is 0.370. The van der Waals surface area contributed by atoms with Crippen LogP contribution in [0.2, 0.25) is 0 Å². The Morgan fingerprint density at radius 1 is 1.62 bits per heavy atom. The lowest BCUT2D eigenvalue weighted by Crippen LogP contribution is -2.12. The third-order valence-electron chi connectivity index (χ3n) is 1.51. The highest BCUT2D eigenvalue weighted by Crippen LogP contribution is 2.27. The molecule has 0 aromatic rings. The Hall–Kier alpha value is -0.0800. The molecule has 0 aromatic carbocycles. The highest BCUT2D eigenvalue weighted by atomic mass is 16.6. The molecule has 1 rings (SSSR count). The monoisotopic (exact) mass is 115 g/mol. The van der Waals surface area contributed by atoms with Crippen LogP contribution in [0.3, 0.4) is 0 Å². The summed E-state index contributed by atoms with van der Waals surface area (Å²) in [7, 11) is 0. The standard InChI is InChI=1S/C6H13NO/c1-4(2)6-5(3-7)8-6/h4-6H,3,7H2,1-2H3. The average molecular weight is 115 g/mol. The second kappa shape index (κ2) is 2.03. The second-order valence-electron chi connectivity index (χ2n) is 2.62. The molecular weight excluding hydrogens is 102 g/mol. The van der Waals surface area contributed by atoms with E-state index in [4.69, 9.17) is 10.5 Å². The number of nitrogens with two attached hydrogens (primary N) is 1. The van der Waals surface area contributed by atoms with E-state index in [0.29, 0.717) is 24.7 Å². The molecule has 2 unspecified atom stereocenters. The van der Waals surface area contributed by atoms with Crippen molar-refractivity contribution in [1.82, 2.24) is 0 Å². The molecule has 1 aliphatic heterocycles. The molecule has 2 N–H and O–H groups in total. The van der Waals surface area contributed by atoms with E-state index in [0.717, 1.165) is 0 Å². The molecule has 0 radical (unpaired) electrons. The quantitative estimate of drug-likeness (QED) is 0.528. The fraction of sp³-hybridized carbons (Fsp3) is 1.00. The van der Waals surface area contributed by atoms with E-state index in [1.54, 1.807) is 0 Å². The van der Waals surface area contributed by atoms with Crippen molar-refractivity contribution in [3.63, 3.8) is 0 Å². The molecule has 2 nitrogen and oxygen atoms in total. The summed E-state index contributed by atoms with van der Waals surface area (Å²) in [6.45, 7) is 4.99. The molecular formula is C6H13NO. The summed E-state index contributed by atoms with van der Waals surface area (Å²) in [6.07, 6.45) is 0.829. The minimum atomic E-state index is 0.370. The highest BCUT2D eigenvalue weighted by molar-refractivity contribution is 4.87. The Labute approximate surface area is 50.0 Å². The summed E-state index contributed by atoms with van der Waals surface area (Å²) in [5.41, 5.74) is 5.34. The molecule has 48 valence electrons. The van der Waals surface area contributed by atoms with Crippen molar-refractivity contribution in [3.8, 4) is 0 Å². The molecule has 1 fully saturated rings. The molecule has 1 aliphatic rings. The van der Waals surface area contributed by atoms with Crippen LogP contribution in [0.15, 0.2) is 0 Å². The molecule has 0 amide bonds. The van der Waals surface area contributed by atoms with Crippen LogP contribution in [0.25, 0.3) is 0 Å². The Morgan fingerprint density at radius 2 is 2.25 bits per heavy atom. The first-order chi connectivity index (χ1) is 3.75. The summed E-state index contributed by atoms with van der Waals surface area (Å²) in [4.78, 5) is 0. The van der Waals surface area contributed by atoms with Gasteiger partial charge in [-0.15, -0.1) is 0 Å². The molecule has 0 saturated carbocycles. The van der Waals surface area contributed by atoms with Crippen LogP contribution in [0.4, 0.5) is 0 Å². The van der Waals surface area contributed by atoms with Gasteiger partial charge >= 0.3 is 0 Å². The van der Waals surface area contributed by atoms with E-state index in [-0.39, 0.29) is 0 Å². The van der Waals surface area contributed by atoms with Gasteiger partial charge in [0.15, 0.2) is 0 Å². The van der Waals surface area contributed by atoms with E-state index in [2.05, 4.69) is 13.8 Å². The number of hydrogen-bond donors (Lipinski definition) is 1. The van der Waals surface area contributed by atoms with Crippen molar-refractivity contribution in [2.24, 2.45) is 11.7 Å². The maximum atomic E-state index is 5.34. The van der Waals surface area contributed by atoms with Crippen molar-refractivity contribution >= 4 is 0 Å². The van der Waals surface area contributed by atoms with Crippen molar-refractivity contribution in [3.05, 3.63) is 0 Å².